The second-order valence-electron chi connectivity index (χ2n) is 17.7. The average molecular weight is 891 g/mol. The summed E-state index contributed by atoms with van der Waals surface area (Å²) in [5.74, 6) is 2.78. The van der Waals surface area contributed by atoms with Crippen LogP contribution < -0.4 is 5.73 Å². The Kier molecular flexibility index (Phi) is 58.1. The van der Waals surface area contributed by atoms with Gasteiger partial charge in [-0.3, -0.25) is 4.99 Å². The van der Waals surface area contributed by atoms with Crippen LogP contribution in [0.5, 0.6) is 0 Å². The summed E-state index contributed by atoms with van der Waals surface area (Å²) in [5, 5.41) is 7.00. The van der Waals surface area contributed by atoms with Crippen molar-refractivity contribution in [2.75, 3.05) is 33.3 Å². The van der Waals surface area contributed by atoms with Crippen LogP contribution >= 0.6 is 0 Å². The van der Waals surface area contributed by atoms with Gasteiger partial charge in [0.25, 0.3) is 0 Å². The van der Waals surface area contributed by atoms with Crippen molar-refractivity contribution in [3.8, 4) is 0 Å². The summed E-state index contributed by atoms with van der Waals surface area (Å²) in [6, 6.07) is 0. The first-order valence-electron chi connectivity index (χ1n) is 27.4. The van der Waals surface area contributed by atoms with Gasteiger partial charge in [0, 0.05) is 27.9 Å². The fourth-order valence-electron chi connectivity index (χ4n) is 8.16. The number of aliphatic imine (C=N–C) groups is 1. The fourth-order valence-corrected chi connectivity index (χ4v) is 8.16. The Morgan fingerprint density at radius 2 is 0.984 bits per heavy atom. The molecule has 0 aliphatic carbocycles. The third kappa shape index (κ3) is 47.8. The van der Waals surface area contributed by atoms with E-state index in [0.29, 0.717) is 18.0 Å². The van der Waals surface area contributed by atoms with E-state index < -0.39 is 0 Å². The second kappa shape index (κ2) is 56.1. The molecule has 6 heteroatoms. The molecule has 0 rings (SSSR count). The minimum atomic E-state index is 0. The molecule has 0 amide bonds. The van der Waals surface area contributed by atoms with E-state index in [2.05, 4.69) is 69.5 Å². The lowest BCUT2D eigenvalue weighted by Crippen LogP contribution is -2.28. The maximum atomic E-state index is 7.00. The Balaban J connectivity index is -0.00000349. The topological polar surface area (TPSA) is 80.3 Å². The summed E-state index contributed by atoms with van der Waals surface area (Å²) in [4.78, 5) is 7.14. The molecule has 0 heterocycles. The highest BCUT2D eigenvalue weighted by Gasteiger charge is 2.13. The molecule has 63 heavy (non-hydrogen) atoms. The predicted molar refractivity (Wildman–Crippen MR) is 285 cm³/mol. The molecule has 6 nitrogen and oxygen atoms in total. The number of ether oxygens (including phenoxy) is 2. The van der Waals surface area contributed by atoms with Gasteiger partial charge in [-0.1, -0.05) is 195 Å². The summed E-state index contributed by atoms with van der Waals surface area (Å²) >= 11 is 0. The van der Waals surface area contributed by atoms with Crippen LogP contribution in [0.25, 0.3) is 0 Å². The molecule has 1 unspecified atom stereocenters. The zero-order valence-corrected chi connectivity index (χ0v) is 44.0. The molecule has 0 bridgehead atoms. The zero-order chi connectivity index (χ0) is 47.3. The number of nitrogens with zero attached hydrogens (tertiary/aromatic N) is 2. The quantitative estimate of drug-likeness (QED) is 0.0209. The van der Waals surface area contributed by atoms with Gasteiger partial charge in [-0.2, -0.15) is 0 Å². The van der Waals surface area contributed by atoms with E-state index in [1.165, 1.54) is 218 Å². The van der Waals surface area contributed by atoms with E-state index >= 15 is 0 Å². The van der Waals surface area contributed by atoms with Crippen molar-refractivity contribution in [1.82, 2.24) is 4.90 Å². The molecular weight excluding hydrogens is 775 g/mol. The van der Waals surface area contributed by atoms with Crippen LogP contribution in [0.1, 0.15) is 275 Å². The molecule has 0 radical (unpaired) electrons. The number of aliphatic hydroxyl groups excluding tert-OH is 1. The Bertz CT molecular complexity index is 1010. The van der Waals surface area contributed by atoms with Crippen LogP contribution in [0, 0.1) is 0 Å². The number of amidine groups is 1. The monoisotopic (exact) mass is 890 g/mol. The van der Waals surface area contributed by atoms with Crippen LogP contribution in [0.2, 0.25) is 0 Å². The van der Waals surface area contributed by atoms with Gasteiger partial charge in [0.15, 0.2) is 0 Å². The lowest BCUT2D eigenvalue weighted by Gasteiger charge is -2.22. The van der Waals surface area contributed by atoms with Crippen molar-refractivity contribution in [3.63, 3.8) is 0 Å². The van der Waals surface area contributed by atoms with E-state index in [-0.39, 0.29) is 1.43 Å². The molecule has 0 aliphatic rings. The number of rotatable bonds is 47. The Labute approximate surface area is 397 Å². The lowest BCUT2D eigenvalue weighted by molar-refractivity contribution is 0.0890. The van der Waals surface area contributed by atoms with Gasteiger partial charge in [-0.15, -0.1) is 0 Å². The van der Waals surface area contributed by atoms with Gasteiger partial charge >= 0.3 is 0 Å². The molecule has 376 valence electrons. The van der Waals surface area contributed by atoms with Gasteiger partial charge in [0.05, 0.1) is 18.0 Å². The first-order chi connectivity index (χ1) is 31.0. The van der Waals surface area contributed by atoms with Crippen molar-refractivity contribution in [2.24, 2.45) is 10.7 Å². The first-order valence-corrected chi connectivity index (χ1v) is 27.4. The van der Waals surface area contributed by atoms with Gasteiger partial charge in [-0.25, -0.2) is 0 Å². The summed E-state index contributed by atoms with van der Waals surface area (Å²) in [7, 11) is 1.00. The number of allylic oxidation sites excluding steroid dienone is 3. The molecular formula is C57H115N3O3. The highest BCUT2D eigenvalue weighted by Crippen LogP contribution is 2.23. The highest BCUT2D eigenvalue weighted by atomic mass is 16.5. The van der Waals surface area contributed by atoms with Crippen molar-refractivity contribution in [1.29, 1.82) is 0 Å². The molecule has 0 saturated carbocycles. The van der Waals surface area contributed by atoms with Crippen molar-refractivity contribution < 1.29 is 16.0 Å². The van der Waals surface area contributed by atoms with E-state index in [1.807, 2.05) is 13.8 Å². The van der Waals surface area contributed by atoms with Crippen LogP contribution in [0.15, 0.2) is 47.6 Å². The van der Waals surface area contributed by atoms with Gasteiger partial charge in [0.1, 0.15) is 11.6 Å². The molecule has 0 aromatic carbocycles. The minimum Gasteiger partial charge on any atom is -0.495 e. The van der Waals surface area contributed by atoms with E-state index in [4.69, 9.17) is 20.3 Å². The fraction of sp³-hybridized carbons (Fsp3) is 0.860. The SMILES string of the molecule is C=C=C(CCCCCCCN(CCCCCCC/C(=C\C)OC(CC)CCCCCCCC)CCCN=C(N)C=C)OC(CCCCCCCC)CCCCCCCC.CC.CO.[HH]. The lowest BCUT2D eigenvalue weighted by atomic mass is 10.0. The molecule has 3 N–H and O–H groups in total. The minimum absolute atomic E-state index is 0. The average Bonchev–Trinajstić information content (AvgIpc) is 3.32. The molecule has 0 spiro atoms. The highest BCUT2D eigenvalue weighted by molar-refractivity contribution is 5.90. The maximum absolute atomic E-state index is 7.00. The van der Waals surface area contributed by atoms with E-state index in [9.17, 15) is 0 Å². The van der Waals surface area contributed by atoms with Crippen LogP contribution in [-0.4, -0.2) is 61.3 Å². The Morgan fingerprint density at radius 3 is 1.41 bits per heavy atom. The summed E-state index contributed by atoms with van der Waals surface area (Å²) in [5.41, 5.74) is 9.07. The van der Waals surface area contributed by atoms with E-state index in [0.717, 1.165) is 51.6 Å². The van der Waals surface area contributed by atoms with Crippen LogP contribution in [-0.2, 0) is 9.47 Å². The third-order valence-corrected chi connectivity index (χ3v) is 12.2. The summed E-state index contributed by atoms with van der Waals surface area (Å²) in [6.45, 7) is 27.3. The number of hydrogen-bond acceptors (Lipinski definition) is 5. The van der Waals surface area contributed by atoms with Gasteiger partial charge in [-0.05, 0) is 116 Å². The second-order valence-corrected chi connectivity index (χ2v) is 17.7. The smallest absolute Gasteiger partial charge is 0.138 e. The number of aliphatic hydroxyl groups is 1. The van der Waals surface area contributed by atoms with Crippen molar-refractivity contribution in [2.45, 2.75) is 285 Å². The normalized spacial score (nSPS) is 12.0. The Morgan fingerprint density at radius 1 is 0.587 bits per heavy atom. The molecule has 0 aromatic heterocycles. The summed E-state index contributed by atoms with van der Waals surface area (Å²) in [6.07, 6.45) is 49.3. The van der Waals surface area contributed by atoms with Gasteiger partial charge < -0.3 is 25.2 Å². The molecule has 0 aliphatic heterocycles. The molecule has 1 atom stereocenters. The number of nitrogens with two attached hydrogens (primary N) is 1. The zero-order valence-electron chi connectivity index (χ0n) is 44.0. The predicted octanol–water partition coefficient (Wildman–Crippen LogP) is 17.8. The molecule has 0 saturated heterocycles. The first kappa shape index (κ1) is 65.3. The largest absolute Gasteiger partial charge is 0.495 e. The van der Waals surface area contributed by atoms with Gasteiger partial charge in [0.2, 0.25) is 0 Å². The van der Waals surface area contributed by atoms with Crippen molar-refractivity contribution >= 4 is 5.84 Å². The van der Waals surface area contributed by atoms with Crippen molar-refractivity contribution in [3.05, 3.63) is 42.6 Å². The number of unbranched alkanes of at least 4 members (excludes halogenated alkanes) is 23. The molecule has 0 fully saturated rings. The Hall–Kier alpha value is -2.01. The maximum Gasteiger partial charge on any atom is 0.138 e. The number of hydrogen-bond donors (Lipinski definition) is 2. The standard InChI is InChI=1S/C54H103N3O2.C2H6.CH4O.H2/c1-8-15-18-21-26-33-41-50(11-4)58-51(12-5)42-34-29-24-31-38-47-57(49-40-46-56-54(55)14-7)48-39-32-25-30-35-43-52(13-6)59-53(44-36-27-22-19-16-9-2)45-37-28-23-20-17-10-3;2*1-2;/h12,14,50,53H,6-11,15-49H2,1-5H3,(H2,55,56);1-2H3;2H,1H3;1H/b51-12+;;;. The summed E-state index contributed by atoms with van der Waals surface area (Å²) < 4.78 is 13.1. The van der Waals surface area contributed by atoms with E-state index in [1.54, 1.807) is 6.08 Å². The van der Waals surface area contributed by atoms with Crippen LogP contribution in [0.3, 0.4) is 0 Å². The third-order valence-electron chi connectivity index (χ3n) is 12.2. The van der Waals surface area contributed by atoms with Crippen LogP contribution in [0.4, 0.5) is 0 Å². The molecule has 0 aromatic rings.